The molecule has 0 aliphatic heterocycles. The first kappa shape index (κ1) is 20.4. The van der Waals surface area contributed by atoms with E-state index < -0.39 is 5.60 Å². The minimum Gasteiger partial charge on any atom is -0.444 e. The van der Waals surface area contributed by atoms with Crippen molar-refractivity contribution in [3.05, 3.63) is 32.8 Å². The van der Waals surface area contributed by atoms with Crippen molar-refractivity contribution >= 4 is 40.9 Å². The van der Waals surface area contributed by atoms with Crippen LogP contribution in [0.25, 0.3) is 0 Å². The molecule has 0 aliphatic carbocycles. The summed E-state index contributed by atoms with van der Waals surface area (Å²) in [6.07, 6.45) is -0.319. The number of ether oxygens (including phenoxy) is 1. The highest BCUT2D eigenvalue weighted by Gasteiger charge is 2.20. The Morgan fingerprint density at radius 1 is 1.22 bits per heavy atom. The lowest BCUT2D eigenvalue weighted by molar-refractivity contribution is 0.0262. The molecular weight excluding hydrogens is 359 g/mol. The molecule has 0 aromatic heterocycles. The zero-order valence-electron chi connectivity index (χ0n) is 13.9. The van der Waals surface area contributed by atoms with Gasteiger partial charge in [0.2, 0.25) is 0 Å². The molecule has 0 unspecified atom stereocenters. The lowest BCUT2D eigenvalue weighted by atomic mass is 10.2. The molecule has 1 N–H and O–H groups in total. The molecule has 0 aliphatic rings. The van der Waals surface area contributed by atoms with Crippen LogP contribution in [0.4, 0.5) is 4.79 Å². The monoisotopic (exact) mass is 380 g/mol. The van der Waals surface area contributed by atoms with Crippen molar-refractivity contribution in [2.24, 2.45) is 0 Å². The molecule has 0 atom stereocenters. The quantitative estimate of drug-likeness (QED) is 0.557. The van der Waals surface area contributed by atoms with Gasteiger partial charge in [0.1, 0.15) is 5.60 Å². The predicted molar refractivity (Wildman–Crippen MR) is 96.7 cm³/mol. The highest BCUT2D eigenvalue weighted by molar-refractivity contribution is 6.44. The lowest BCUT2D eigenvalue weighted by Crippen LogP contribution is -2.40. The van der Waals surface area contributed by atoms with Gasteiger partial charge in [0.15, 0.2) is 0 Å². The summed E-state index contributed by atoms with van der Waals surface area (Å²) in [7, 11) is 0. The van der Waals surface area contributed by atoms with Gasteiger partial charge < -0.3 is 15.0 Å². The second-order valence-corrected chi connectivity index (χ2v) is 7.25. The van der Waals surface area contributed by atoms with E-state index in [1.807, 2.05) is 27.7 Å². The second-order valence-electron chi connectivity index (χ2n) is 6.06. The molecule has 0 radical (unpaired) electrons. The fourth-order valence-corrected chi connectivity index (χ4v) is 2.54. The normalized spacial score (nSPS) is 11.4. The maximum absolute atomic E-state index is 12.0. The number of benzene rings is 1. The molecule has 7 heteroatoms. The van der Waals surface area contributed by atoms with Gasteiger partial charge in [0, 0.05) is 36.8 Å². The molecule has 1 aromatic rings. The van der Waals surface area contributed by atoms with Crippen molar-refractivity contribution in [2.45, 2.75) is 39.8 Å². The Morgan fingerprint density at radius 2 is 1.83 bits per heavy atom. The number of nitrogens with zero attached hydrogens (tertiary/aromatic N) is 1. The summed E-state index contributed by atoms with van der Waals surface area (Å²) in [5, 5.41) is 4.70. The van der Waals surface area contributed by atoms with Gasteiger partial charge in [0.25, 0.3) is 0 Å². The van der Waals surface area contributed by atoms with Crippen molar-refractivity contribution < 1.29 is 9.53 Å². The van der Waals surface area contributed by atoms with E-state index >= 15 is 0 Å². The molecule has 1 amide bonds. The van der Waals surface area contributed by atoms with Crippen molar-refractivity contribution in [3.8, 4) is 0 Å². The number of carbonyl (C=O) groups excluding carboxylic acids is 1. The van der Waals surface area contributed by atoms with Crippen LogP contribution in [-0.4, -0.2) is 36.2 Å². The van der Waals surface area contributed by atoms with E-state index in [9.17, 15) is 4.79 Å². The van der Waals surface area contributed by atoms with Crippen molar-refractivity contribution in [3.63, 3.8) is 0 Å². The number of nitrogens with one attached hydrogen (secondary N) is 1. The summed E-state index contributed by atoms with van der Waals surface area (Å²) < 4.78 is 5.36. The summed E-state index contributed by atoms with van der Waals surface area (Å²) in [6, 6.07) is 3.38. The molecule has 1 rings (SSSR count). The summed E-state index contributed by atoms with van der Waals surface area (Å²) in [6.45, 7) is 9.63. The number of halogens is 3. The van der Waals surface area contributed by atoms with Gasteiger partial charge in [0.05, 0.1) is 10.0 Å². The van der Waals surface area contributed by atoms with Crippen LogP contribution in [0.15, 0.2) is 12.1 Å². The topological polar surface area (TPSA) is 41.6 Å². The van der Waals surface area contributed by atoms with E-state index in [4.69, 9.17) is 39.5 Å². The largest absolute Gasteiger partial charge is 0.444 e. The number of rotatable bonds is 6. The van der Waals surface area contributed by atoms with Crippen LogP contribution in [0.1, 0.15) is 33.3 Å². The first-order valence-corrected chi connectivity index (χ1v) is 8.60. The Hall–Kier alpha value is -0.680. The lowest BCUT2D eigenvalue weighted by Gasteiger charge is -2.26. The smallest absolute Gasteiger partial charge is 0.410 e. The molecule has 0 fully saturated rings. The van der Waals surface area contributed by atoms with Gasteiger partial charge >= 0.3 is 6.09 Å². The number of hydrogen-bond acceptors (Lipinski definition) is 3. The molecular formula is C16H23Cl3N2O2. The summed E-state index contributed by atoms with van der Waals surface area (Å²) in [5.41, 5.74) is 0.251. The fraction of sp³-hybridized carbons (Fsp3) is 0.562. The number of likely N-dealkylation sites (N-methyl/N-ethyl adjacent to an activating group) is 1. The number of amides is 1. The van der Waals surface area contributed by atoms with Crippen molar-refractivity contribution in [2.75, 3.05) is 19.6 Å². The van der Waals surface area contributed by atoms with Crippen LogP contribution in [0.5, 0.6) is 0 Å². The first-order valence-electron chi connectivity index (χ1n) is 7.46. The molecule has 0 spiro atoms. The molecule has 1 aromatic carbocycles. The maximum Gasteiger partial charge on any atom is 0.410 e. The highest BCUT2D eigenvalue weighted by Crippen LogP contribution is 2.31. The van der Waals surface area contributed by atoms with E-state index in [1.54, 1.807) is 17.0 Å². The summed E-state index contributed by atoms with van der Waals surface area (Å²) in [4.78, 5) is 13.7. The van der Waals surface area contributed by atoms with Gasteiger partial charge in [-0.25, -0.2) is 4.79 Å². The third-order valence-electron chi connectivity index (χ3n) is 3.03. The highest BCUT2D eigenvalue weighted by atomic mass is 35.5. The van der Waals surface area contributed by atoms with Crippen LogP contribution in [0.3, 0.4) is 0 Å². The summed E-state index contributed by atoms with van der Waals surface area (Å²) >= 11 is 18.3. The van der Waals surface area contributed by atoms with Gasteiger partial charge in [-0.05, 0) is 39.8 Å². The molecule has 0 bridgehead atoms. The van der Waals surface area contributed by atoms with Crippen LogP contribution in [-0.2, 0) is 11.3 Å². The zero-order valence-corrected chi connectivity index (χ0v) is 16.1. The van der Waals surface area contributed by atoms with E-state index in [0.717, 1.165) is 5.56 Å². The van der Waals surface area contributed by atoms with Gasteiger partial charge in [-0.1, -0.05) is 34.8 Å². The van der Waals surface area contributed by atoms with Gasteiger partial charge in [-0.3, -0.25) is 0 Å². The molecule has 0 saturated heterocycles. The SMILES string of the molecule is CCN(CCNCc1c(Cl)ccc(Cl)c1Cl)C(=O)OC(C)(C)C. The standard InChI is InChI=1S/C16H23Cl3N2O2/c1-5-21(15(22)23-16(2,3)4)9-8-20-10-11-12(17)6-7-13(18)14(11)19/h6-7,20H,5,8-10H2,1-4H3. The van der Waals surface area contributed by atoms with Crippen LogP contribution in [0, 0.1) is 0 Å². The molecule has 0 saturated carbocycles. The Balaban J connectivity index is 2.50. The average molecular weight is 382 g/mol. The second kappa shape index (κ2) is 8.97. The molecule has 0 heterocycles. The summed E-state index contributed by atoms with van der Waals surface area (Å²) in [5.74, 6) is 0. The van der Waals surface area contributed by atoms with Crippen molar-refractivity contribution in [1.29, 1.82) is 0 Å². The third kappa shape index (κ3) is 6.76. The van der Waals surface area contributed by atoms with Crippen LogP contribution >= 0.6 is 34.8 Å². The Bertz CT molecular complexity index is 545. The maximum atomic E-state index is 12.0. The third-order valence-corrected chi connectivity index (χ3v) is 4.23. The average Bonchev–Trinajstić information content (AvgIpc) is 2.44. The molecule has 23 heavy (non-hydrogen) atoms. The molecule has 4 nitrogen and oxygen atoms in total. The van der Waals surface area contributed by atoms with E-state index in [1.165, 1.54) is 0 Å². The Kier molecular flexibility index (Phi) is 7.95. The minimum absolute atomic E-state index is 0.319. The van der Waals surface area contributed by atoms with E-state index in [-0.39, 0.29) is 6.09 Å². The molecule has 130 valence electrons. The van der Waals surface area contributed by atoms with Crippen LogP contribution in [0.2, 0.25) is 15.1 Å². The van der Waals surface area contributed by atoms with E-state index in [2.05, 4.69) is 5.32 Å². The Labute approximate surface area is 153 Å². The number of hydrogen-bond donors (Lipinski definition) is 1. The predicted octanol–water partition coefficient (Wildman–Crippen LogP) is 4.99. The van der Waals surface area contributed by atoms with Gasteiger partial charge in [-0.15, -0.1) is 0 Å². The first-order chi connectivity index (χ1) is 10.7. The Morgan fingerprint density at radius 3 is 2.39 bits per heavy atom. The van der Waals surface area contributed by atoms with Crippen LogP contribution < -0.4 is 5.32 Å². The van der Waals surface area contributed by atoms with Crippen molar-refractivity contribution in [1.82, 2.24) is 10.2 Å². The minimum atomic E-state index is -0.500. The van der Waals surface area contributed by atoms with Gasteiger partial charge in [-0.2, -0.15) is 0 Å². The fourth-order valence-electron chi connectivity index (χ4n) is 1.86. The zero-order chi connectivity index (χ0) is 17.6. The number of carbonyl (C=O) groups is 1. The van der Waals surface area contributed by atoms with E-state index in [0.29, 0.717) is 41.2 Å².